The van der Waals surface area contributed by atoms with Crippen LogP contribution in [0.3, 0.4) is 0 Å². The lowest BCUT2D eigenvalue weighted by molar-refractivity contribution is -0.131. The SMILES string of the molecule is COC(OC(=O)N1CCCCC1)C1CCCCC1. The third-order valence-electron chi connectivity index (χ3n) is 4.10. The summed E-state index contributed by atoms with van der Waals surface area (Å²) in [6.07, 6.45) is 8.86. The molecule has 4 heteroatoms. The van der Waals surface area contributed by atoms with E-state index in [9.17, 15) is 4.79 Å². The van der Waals surface area contributed by atoms with E-state index in [1.165, 1.54) is 25.7 Å². The first kappa shape index (κ1) is 13.7. The number of rotatable bonds is 3. The van der Waals surface area contributed by atoms with Crippen LogP contribution in [-0.4, -0.2) is 37.5 Å². The van der Waals surface area contributed by atoms with Crippen LogP contribution in [0.2, 0.25) is 0 Å². The second kappa shape index (κ2) is 6.98. The van der Waals surface area contributed by atoms with E-state index >= 15 is 0 Å². The van der Waals surface area contributed by atoms with E-state index in [0.717, 1.165) is 38.8 Å². The van der Waals surface area contributed by atoms with Crippen molar-refractivity contribution < 1.29 is 14.3 Å². The second-order valence-electron chi connectivity index (χ2n) is 5.43. The zero-order valence-electron chi connectivity index (χ0n) is 11.4. The highest BCUT2D eigenvalue weighted by Gasteiger charge is 2.28. The molecule has 0 aromatic heterocycles. The summed E-state index contributed by atoms with van der Waals surface area (Å²) in [6.45, 7) is 1.67. The first-order valence-electron chi connectivity index (χ1n) is 7.29. The van der Waals surface area contributed by atoms with E-state index in [2.05, 4.69) is 0 Å². The number of hydrogen-bond acceptors (Lipinski definition) is 3. The van der Waals surface area contributed by atoms with Gasteiger partial charge in [0.1, 0.15) is 0 Å². The standard InChI is InChI=1S/C14H25NO3/c1-17-13(12-8-4-2-5-9-12)18-14(16)15-10-6-3-7-11-15/h12-13H,2-11H2,1H3. The molecule has 0 bridgehead atoms. The zero-order chi connectivity index (χ0) is 12.8. The fraction of sp³-hybridized carbons (Fsp3) is 0.929. The lowest BCUT2D eigenvalue weighted by Crippen LogP contribution is -2.40. The Morgan fingerprint density at radius 3 is 2.28 bits per heavy atom. The number of carbonyl (C=O) groups is 1. The molecule has 2 rings (SSSR count). The van der Waals surface area contributed by atoms with Crippen LogP contribution < -0.4 is 0 Å². The molecule has 0 spiro atoms. The summed E-state index contributed by atoms with van der Waals surface area (Å²) >= 11 is 0. The molecule has 2 aliphatic rings. The van der Waals surface area contributed by atoms with Gasteiger partial charge in [-0.15, -0.1) is 0 Å². The molecule has 104 valence electrons. The van der Waals surface area contributed by atoms with Crippen molar-refractivity contribution in [1.29, 1.82) is 0 Å². The summed E-state index contributed by atoms with van der Waals surface area (Å²) in [5.41, 5.74) is 0. The molecule has 0 N–H and O–H groups in total. The number of piperidine rings is 1. The van der Waals surface area contributed by atoms with Gasteiger partial charge in [0, 0.05) is 26.1 Å². The van der Waals surface area contributed by atoms with Gasteiger partial charge in [-0.2, -0.15) is 0 Å². The summed E-state index contributed by atoms with van der Waals surface area (Å²) in [7, 11) is 1.64. The Bertz CT molecular complexity index is 258. The third-order valence-corrected chi connectivity index (χ3v) is 4.10. The van der Waals surface area contributed by atoms with Crippen LogP contribution in [0.5, 0.6) is 0 Å². The van der Waals surface area contributed by atoms with Crippen molar-refractivity contribution in [2.24, 2.45) is 5.92 Å². The van der Waals surface area contributed by atoms with E-state index in [1.54, 1.807) is 7.11 Å². The summed E-state index contributed by atoms with van der Waals surface area (Å²) in [6, 6.07) is 0. The van der Waals surface area contributed by atoms with Crippen molar-refractivity contribution in [2.45, 2.75) is 57.7 Å². The summed E-state index contributed by atoms with van der Waals surface area (Å²) in [5, 5.41) is 0. The van der Waals surface area contributed by atoms with Crippen LogP contribution in [-0.2, 0) is 9.47 Å². The molecule has 1 aliphatic carbocycles. The van der Waals surface area contributed by atoms with E-state index in [0.29, 0.717) is 5.92 Å². The van der Waals surface area contributed by atoms with Gasteiger partial charge in [-0.1, -0.05) is 19.3 Å². The molecule has 1 heterocycles. The molecule has 1 atom stereocenters. The highest BCUT2D eigenvalue weighted by Crippen LogP contribution is 2.28. The van der Waals surface area contributed by atoms with E-state index < -0.39 is 0 Å². The Kier molecular flexibility index (Phi) is 5.29. The van der Waals surface area contributed by atoms with Crippen LogP contribution >= 0.6 is 0 Å². The van der Waals surface area contributed by atoms with Crippen molar-refractivity contribution in [1.82, 2.24) is 4.90 Å². The van der Waals surface area contributed by atoms with Gasteiger partial charge in [0.15, 0.2) is 0 Å². The van der Waals surface area contributed by atoms with Gasteiger partial charge in [-0.05, 0) is 32.1 Å². The Morgan fingerprint density at radius 1 is 1.06 bits per heavy atom. The topological polar surface area (TPSA) is 38.8 Å². The van der Waals surface area contributed by atoms with Crippen molar-refractivity contribution >= 4 is 6.09 Å². The predicted octanol–water partition coefficient (Wildman–Crippen LogP) is 3.16. The molecular weight excluding hydrogens is 230 g/mol. The highest BCUT2D eigenvalue weighted by atomic mass is 16.7. The number of ether oxygens (including phenoxy) is 2. The van der Waals surface area contributed by atoms with Crippen LogP contribution in [0.1, 0.15) is 51.4 Å². The van der Waals surface area contributed by atoms with Crippen molar-refractivity contribution in [3.05, 3.63) is 0 Å². The van der Waals surface area contributed by atoms with Crippen molar-refractivity contribution in [3.8, 4) is 0 Å². The molecule has 0 radical (unpaired) electrons. The maximum absolute atomic E-state index is 12.0. The molecule has 2 fully saturated rings. The van der Waals surface area contributed by atoms with Gasteiger partial charge in [-0.25, -0.2) is 4.79 Å². The normalized spacial score (nSPS) is 23.7. The lowest BCUT2D eigenvalue weighted by Gasteiger charge is -2.32. The van der Waals surface area contributed by atoms with E-state index in [-0.39, 0.29) is 12.4 Å². The Labute approximate surface area is 110 Å². The maximum atomic E-state index is 12.0. The lowest BCUT2D eigenvalue weighted by atomic mass is 9.89. The molecular formula is C14H25NO3. The number of likely N-dealkylation sites (tertiary alicyclic amines) is 1. The van der Waals surface area contributed by atoms with Crippen molar-refractivity contribution in [3.63, 3.8) is 0 Å². The Morgan fingerprint density at radius 2 is 1.67 bits per heavy atom. The van der Waals surface area contributed by atoms with Crippen LogP contribution in [0, 0.1) is 5.92 Å². The predicted molar refractivity (Wildman–Crippen MR) is 69.3 cm³/mol. The monoisotopic (exact) mass is 255 g/mol. The molecule has 1 aliphatic heterocycles. The van der Waals surface area contributed by atoms with Gasteiger partial charge in [0.25, 0.3) is 0 Å². The number of amides is 1. The Balaban J connectivity index is 1.82. The molecule has 4 nitrogen and oxygen atoms in total. The number of methoxy groups -OCH3 is 1. The quantitative estimate of drug-likeness (QED) is 0.727. The molecule has 18 heavy (non-hydrogen) atoms. The first-order valence-corrected chi connectivity index (χ1v) is 7.29. The molecule has 1 amide bonds. The van der Waals surface area contributed by atoms with Gasteiger partial charge in [-0.3, -0.25) is 0 Å². The van der Waals surface area contributed by atoms with Gasteiger partial charge < -0.3 is 14.4 Å². The van der Waals surface area contributed by atoms with Crippen LogP contribution in [0.15, 0.2) is 0 Å². The highest BCUT2D eigenvalue weighted by molar-refractivity contribution is 5.67. The summed E-state index contributed by atoms with van der Waals surface area (Å²) in [4.78, 5) is 13.9. The van der Waals surface area contributed by atoms with Gasteiger partial charge >= 0.3 is 6.09 Å². The number of nitrogens with zero attached hydrogens (tertiary/aromatic N) is 1. The zero-order valence-corrected chi connectivity index (χ0v) is 11.4. The van der Waals surface area contributed by atoms with E-state index in [4.69, 9.17) is 9.47 Å². The molecule has 1 saturated carbocycles. The fourth-order valence-corrected chi connectivity index (χ4v) is 2.99. The van der Waals surface area contributed by atoms with Crippen LogP contribution in [0.25, 0.3) is 0 Å². The molecule has 0 aromatic rings. The first-order chi connectivity index (χ1) is 8.81. The minimum Gasteiger partial charge on any atom is -0.419 e. The number of carbonyl (C=O) groups excluding carboxylic acids is 1. The van der Waals surface area contributed by atoms with Crippen LogP contribution in [0.4, 0.5) is 4.79 Å². The summed E-state index contributed by atoms with van der Waals surface area (Å²) in [5.74, 6) is 0.387. The maximum Gasteiger partial charge on any atom is 0.412 e. The van der Waals surface area contributed by atoms with Crippen molar-refractivity contribution in [2.75, 3.05) is 20.2 Å². The fourth-order valence-electron chi connectivity index (χ4n) is 2.99. The second-order valence-corrected chi connectivity index (χ2v) is 5.43. The van der Waals surface area contributed by atoms with E-state index in [1.807, 2.05) is 4.90 Å². The number of hydrogen-bond donors (Lipinski definition) is 0. The third kappa shape index (κ3) is 3.61. The molecule has 0 aromatic carbocycles. The average Bonchev–Trinajstić information content (AvgIpc) is 2.46. The molecule has 1 saturated heterocycles. The minimum absolute atomic E-state index is 0.188. The molecule has 1 unspecified atom stereocenters. The average molecular weight is 255 g/mol. The minimum atomic E-state index is -0.347. The smallest absolute Gasteiger partial charge is 0.412 e. The van der Waals surface area contributed by atoms with Gasteiger partial charge in [0.2, 0.25) is 6.29 Å². The Hall–Kier alpha value is -0.770. The summed E-state index contributed by atoms with van der Waals surface area (Å²) < 4.78 is 10.9. The largest absolute Gasteiger partial charge is 0.419 e. The van der Waals surface area contributed by atoms with Gasteiger partial charge in [0.05, 0.1) is 0 Å².